The number of carbonyl (C=O) groups is 3. The van der Waals surface area contributed by atoms with Gasteiger partial charge in [-0.1, -0.05) is 24.3 Å². The molecule has 0 aromatic heterocycles. The molecule has 0 spiro atoms. The first-order valence-electron chi connectivity index (χ1n) is 11.1. The first-order chi connectivity index (χ1) is 16.5. The minimum atomic E-state index is -1.12. The van der Waals surface area contributed by atoms with E-state index in [1.807, 2.05) is 25.1 Å². The van der Waals surface area contributed by atoms with Gasteiger partial charge in [0, 0.05) is 5.69 Å². The maximum atomic E-state index is 13.5. The SMILES string of the molecule is COc1ccc(NC(=O)C(c2ccccc2C)N(CC#N)C(=O)C(C)NC(=O)OC(C)(C)C)cc1. The average molecular weight is 481 g/mol. The fourth-order valence-electron chi connectivity index (χ4n) is 3.40. The second-order valence-electron chi connectivity index (χ2n) is 8.97. The van der Waals surface area contributed by atoms with Crippen molar-refractivity contribution in [1.82, 2.24) is 10.2 Å². The van der Waals surface area contributed by atoms with Gasteiger partial charge in [0.05, 0.1) is 13.2 Å². The Balaban J connectivity index is 2.39. The summed E-state index contributed by atoms with van der Waals surface area (Å²) in [6.07, 6.45) is -0.773. The molecule has 3 amide bonds. The molecule has 2 unspecified atom stereocenters. The summed E-state index contributed by atoms with van der Waals surface area (Å²) in [6, 6.07) is 13.7. The van der Waals surface area contributed by atoms with Gasteiger partial charge in [-0.2, -0.15) is 5.26 Å². The first kappa shape index (κ1) is 27.2. The van der Waals surface area contributed by atoms with Crippen LogP contribution in [0.1, 0.15) is 44.9 Å². The molecule has 0 fully saturated rings. The predicted octanol–water partition coefficient (Wildman–Crippen LogP) is 3.95. The Kier molecular flexibility index (Phi) is 9.23. The number of rotatable bonds is 8. The van der Waals surface area contributed by atoms with E-state index in [0.29, 0.717) is 17.0 Å². The van der Waals surface area contributed by atoms with E-state index >= 15 is 0 Å². The molecule has 0 heterocycles. The van der Waals surface area contributed by atoms with Crippen LogP contribution in [-0.4, -0.2) is 48.1 Å². The molecule has 186 valence electrons. The summed E-state index contributed by atoms with van der Waals surface area (Å²) in [5.74, 6) is -0.477. The summed E-state index contributed by atoms with van der Waals surface area (Å²) in [5.41, 5.74) is 1.08. The van der Waals surface area contributed by atoms with Gasteiger partial charge in [0.15, 0.2) is 0 Å². The lowest BCUT2D eigenvalue weighted by Gasteiger charge is -2.32. The molecular formula is C26H32N4O5. The number of nitriles is 1. The van der Waals surface area contributed by atoms with Gasteiger partial charge < -0.3 is 25.0 Å². The standard InChI is InChI=1S/C26H32N4O5/c1-17-9-7-8-10-21(17)22(23(31)29-19-11-13-20(34-6)14-12-19)30(16-15-27)24(32)18(2)28-25(33)35-26(3,4)5/h7-14,18,22H,16H2,1-6H3,(H,28,33)(H,29,31). The third-order valence-corrected chi connectivity index (χ3v) is 5.03. The minimum Gasteiger partial charge on any atom is -0.497 e. The van der Waals surface area contributed by atoms with Crippen LogP contribution in [0.4, 0.5) is 10.5 Å². The van der Waals surface area contributed by atoms with Crippen LogP contribution in [0.15, 0.2) is 48.5 Å². The molecular weight excluding hydrogens is 448 g/mol. The normalized spacial score (nSPS) is 12.5. The maximum absolute atomic E-state index is 13.5. The molecule has 9 heteroatoms. The van der Waals surface area contributed by atoms with E-state index in [0.717, 1.165) is 10.5 Å². The molecule has 2 aromatic carbocycles. The van der Waals surface area contributed by atoms with Crippen molar-refractivity contribution in [3.8, 4) is 11.8 Å². The summed E-state index contributed by atoms with van der Waals surface area (Å²) >= 11 is 0. The zero-order chi connectivity index (χ0) is 26.2. The van der Waals surface area contributed by atoms with Crippen LogP contribution in [0.3, 0.4) is 0 Å². The van der Waals surface area contributed by atoms with Gasteiger partial charge in [-0.25, -0.2) is 4.79 Å². The van der Waals surface area contributed by atoms with E-state index in [1.165, 1.54) is 6.92 Å². The largest absolute Gasteiger partial charge is 0.497 e. The zero-order valence-electron chi connectivity index (χ0n) is 20.9. The van der Waals surface area contributed by atoms with Gasteiger partial charge in [-0.15, -0.1) is 0 Å². The third-order valence-electron chi connectivity index (χ3n) is 5.03. The second kappa shape index (κ2) is 11.9. The quantitative estimate of drug-likeness (QED) is 0.552. The molecule has 0 saturated carbocycles. The second-order valence-corrected chi connectivity index (χ2v) is 8.97. The lowest BCUT2D eigenvalue weighted by molar-refractivity contribution is -0.139. The molecule has 0 aliphatic carbocycles. The lowest BCUT2D eigenvalue weighted by Crippen LogP contribution is -2.51. The highest BCUT2D eigenvalue weighted by molar-refractivity contribution is 5.99. The molecule has 9 nitrogen and oxygen atoms in total. The minimum absolute atomic E-state index is 0.367. The third kappa shape index (κ3) is 7.74. The highest BCUT2D eigenvalue weighted by Gasteiger charge is 2.35. The van der Waals surface area contributed by atoms with E-state index in [1.54, 1.807) is 64.3 Å². The number of hydrogen-bond donors (Lipinski definition) is 2. The van der Waals surface area contributed by atoms with Gasteiger partial charge in [0.2, 0.25) is 5.91 Å². The molecule has 0 radical (unpaired) electrons. The smallest absolute Gasteiger partial charge is 0.408 e. The van der Waals surface area contributed by atoms with E-state index < -0.39 is 35.6 Å². The van der Waals surface area contributed by atoms with Crippen molar-refractivity contribution in [2.45, 2.75) is 52.3 Å². The molecule has 0 bridgehead atoms. The number of hydrogen-bond acceptors (Lipinski definition) is 6. The zero-order valence-corrected chi connectivity index (χ0v) is 20.9. The summed E-state index contributed by atoms with van der Waals surface area (Å²) < 4.78 is 10.4. The molecule has 0 aliphatic rings. The van der Waals surface area contributed by atoms with Gasteiger partial charge >= 0.3 is 6.09 Å². The molecule has 0 aliphatic heterocycles. The Hall–Kier alpha value is -4.06. The predicted molar refractivity (Wildman–Crippen MR) is 132 cm³/mol. The Labute approximate surface area is 206 Å². The van der Waals surface area contributed by atoms with Crippen molar-refractivity contribution in [3.63, 3.8) is 0 Å². The highest BCUT2D eigenvalue weighted by Crippen LogP contribution is 2.27. The van der Waals surface area contributed by atoms with E-state index in [9.17, 15) is 19.6 Å². The number of methoxy groups -OCH3 is 1. The fraction of sp³-hybridized carbons (Fsp3) is 0.385. The van der Waals surface area contributed by atoms with Gasteiger partial charge in [-0.3, -0.25) is 9.59 Å². The number of carbonyl (C=O) groups excluding carboxylic acids is 3. The Bertz CT molecular complexity index is 1090. The summed E-state index contributed by atoms with van der Waals surface area (Å²) in [5, 5.41) is 14.8. The van der Waals surface area contributed by atoms with Crippen molar-refractivity contribution in [2.24, 2.45) is 0 Å². The van der Waals surface area contributed by atoms with Gasteiger partial charge in [0.25, 0.3) is 5.91 Å². The number of ether oxygens (including phenoxy) is 2. The van der Waals surface area contributed by atoms with Crippen LogP contribution in [-0.2, 0) is 14.3 Å². The van der Waals surface area contributed by atoms with Crippen LogP contribution in [0, 0.1) is 18.3 Å². The van der Waals surface area contributed by atoms with Crippen molar-refractivity contribution >= 4 is 23.6 Å². The Morgan fingerprint density at radius 3 is 2.26 bits per heavy atom. The Morgan fingerprint density at radius 1 is 1.09 bits per heavy atom. The molecule has 0 saturated heterocycles. The van der Waals surface area contributed by atoms with Gasteiger partial charge in [0.1, 0.15) is 30.0 Å². The van der Waals surface area contributed by atoms with Crippen LogP contribution < -0.4 is 15.4 Å². The average Bonchev–Trinajstić information content (AvgIpc) is 2.78. The van der Waals surface area contributed by atoms with Gasteiger partial charge in [-0.05, 0) is 70.0 Å². The van der Waals surface area contributed by atoms with E-state index in [2.05, 4.69) is 10.6 Å². The number of amides is 3. The molecule has 2 N–H and O–H groups in total. The summed E-state index contributed by atoms with van der Waals surface area (Å²) in [7, 11) is 1.54. The van der Waals surface area contributed by atoms with Crippen molar-refractivity contribution in [3.05, 3.63) is 59.7 Å². The molecule has 2 atom stereocenters. The van der Waals surface area contributed by atoms with Crippen LogP contribution in [0.2, 0.25) is 0 Å². The topological polar surface area (TPSA) is 121 Å². The highest BCUT2D eigenvalue weighted by atomic mass is 16.6. The first-order valence-corrected chi connectivity index (χ1v) is 11.1. The Morgan fingerprint density at radius 2 is 1.71 bits per heavy atom. The van der Waals surface area contributed by atoms with Crippen molar-refractivity contribution in [1.29, 1.82) is 5.26 Å². The van der Waals surface area contributed by atoms with Crippen molar-refractivity contribution < 1.29 is 23.9 Å². The maximum Gasteiger partial charge on any atom is 0.408 e. The number of aryl methyl sites for hydroxylation is 1. The molecule has 35 heavy (non-hydrogen) atoms. The molecule has 2 rings (SSSR count). The molecule has 2 aromatic rings. The number of benzene rings is 2. The number of anilines is 1. The lowest BCUT2D eigenvalue weighted by atomic mass is 9.98. The number of alkyl carbamates (subject to hydrolysis) is 1. The number of nitrogens with one attached hydrogen (secondary N) is 2. The fourth-order valence-corrected chi connectivity index (χ4v) is 3.40. The van der Waals surface area contributed by atoms with Crippen LogP contribution >= 0.6 is 0 Å². The van der Waals surface area contributed by atoms with Crippen molar-refractivity contribution in [2.75, 3.05) is 19.0 Å². The summed E-state index contributed by atoms with van der Waals surface area (Å²) in [4.78, 5) is 40.3. The van der Waals surface area contributed by atoms with Crippen LogP contribution in [0.5, 0.6) is 5.75 Å². The monoisotopic (exact) mass is 480 g/mol. The number of nitrogens with zero attached hydrogens (tertiary/aromatic N) is 2. The summed E-state index contributed by atoms with van der Waals surface area (Å²) in [6.45, 7) is 8.05. The van der Waals surface area contributed by atoms with E-state index in [4.69, 9.17) is 9.47 Å². The van der Waals surface area contributed by atoms with E-state index in [-0.39, 0.29) is 6.54 Å². The van der Waals surface area contributed by atoms with Crippen LogP contribution in [0.25, 0.3) is 0 Å².